The molecule has 0 bridgehead atoms. The van der Waals surface area contributed by atoms with Gasteiger partial charge in [0.2, 0.25) is 5.88 Å². The van der Waals surface area contributed by atoms with E-state index in [4.69, 9.17) is 4.74 Å². The van der Waals surface area contributed by atoms with Crippen molar-refractivity contribution >= 4 is 10.9 Å². The molecule has 1 aromatic carbocycles. The summed E-state index contributed by atoms with van der Waals surface area (Å²) in [4.78, 5) is 4.47. The fourth-order valence-electron chi connectivity index (χ4n) is 2.34. The van der Waals surface area contributed by atoms with E-state index in [1.165, 1.54) is 0 Å². The van der Waals surface area contributed by atoms with Gasteiger partial charge in [-0.3, -0.25) is 0 Å². The highest BCUT2D eigenvalue weighted by Gasteiger charge is 2.17. The molecule has 2 heterocycles. The molecule has 2 aromatic rings. The van der Waals surface area contributed by atoms with Gasteiger partial charge in [-0.25, -0.2) is 4.98 Å². The molecule has 4 heteroatoms. The normalized spacial score (nSPS) is 16.2. The molecule has 0 radical (unpaired) electrons. The Morgan fingerprint density at radius 3 is 2.84 bits per heavy atom. The van der Waals surface area contributed by atoms with Gasteiger partial charge in [-0.15, -0.1) is 0 Å². The zero-order valence-corrected chi connectivity index (χ0v) is 10.6. The second-order valence-corrected chi connectivity index (χ2v) is 4.71. The number of para-hydroxylation sites is 1. The summed E-state index contributed by atoms with van der Waals surface area (Å²) in [5.74, 6) is 0.466. The van der Waals surface area contributed by atoms with E-state index in [1.807, 2.05) is 30.3 Å². The largest absolute Gasteiger partial charge is 0.473 e. The van der Waals surface area contributed by atoms with Crippen LogP contribution in [0.25, 0.3) is 10.9 Å². The zero-order chi connectivity index (χ0) is 13.1. The van der Waals surface area contributed by atoms with Gasteiger partial charge in [0, 0.05) is 5.39 Å². The number of nitriles is 1. The number of nitrogens with one attached hydrogen (secondary N) is 1. The predicted molar refractivity (Wildman–Crippen MR) is 73.0 cm³/mol. The lowest BCUT2D eigenvalue weighted by atomic mass is 10.1. The third-order valence-electron chi connectivity index (χ3n) is 3.37. The molecule has 19 heavy (non-hydrogen) atoms. The highest BCUT2D eigenvalue weighted by molar-refractivity contribution is 5.80. The van der Waals surface area contributed by atoms with Gasteiger partial charge in [0.05, 0.1) is 5.52 Å². The van der Waals surface area contributed by atoms with E-state index in [2.05, 4.69) is 16.4 Å². The van der Waals surface area contributed by atoms with Crippen molar-refractivity contribution in [3.63, 3.8) is 0 Å². The minimum absolute atomic E-state index is 0.155. The van der Waals surface area contributed by atoms with E-state index in [0.717, 1.165) is 36.8 Å². The third-order valence-corrected chi connectivity index (χ3v) is 3.37. The number of benzene rings is 1. The first-order valence-electron chi connectivity index (χ1n) is 6.54. The van der Waals surface area contributed by atoms with Crippen LogP contribution in [0.5, 0.6) is 5.88 Å². The van der Waals surface area contributed by atoms with Crippen molar-refractivity contribution in [3.8, 4) is 11.9 Å². The summed E-state index contributed by atoms with van der Waals surface area (Å²) < 4.78 is 5.91. The highest BCUT2D eigenvalue weighted by Crippen LogP contribution is 2.23. The fourth-order valence-corrected chi connectivity index (χ4v) is 2.34. The van der Waals surface area contributed by atoms with E-state index in [0.29, 0.717) is 11.4 Å². The smallest absolute Gasteiger partial charge is 0.232 e. The Labute approximate surface area is 112 Å². The molecular formula is C15H15N3O. The summed E-state index contributed by atoms with van der Waals surface area (Å²) in [6.07, 6.45) is 2.07. The maximum atomic E-state index is 9.23. The number of hydrogen-bond acceptors (Lipinski definition) is 4. The van der Waals surface area contributed by atoms with Gasteiger partial charge in [-0.1, -0.05) is 18.2 Å². The van der Waals surface area contributed by atoms with Crippen LogP contribution in [-0.4, -0.2) is 24.2 Å². The molecule has 1 N–H and O–H groups in total. The molecular weight excluding hydrogens is 238 g/mol. The molecule has 1 aliphatic rings. The SMILES string of the molecule is N#Cc1cc2ccccc2nc1OC1CCNCC1. The van der Waals surface area contributed by atoms with Gasteiger partial charge >= 0.3 is 0 Å². The van der Waals surface area contributed by atoms with Crippen LogP contribution in [-0.2, 0) is 0 Å². The van der Waals surface area contributed by atoms with Crippen molar-refractivity contribution in [2.24, 2.45) is 0 Å². The van der Waals surface area contributed by atoms with Crippen LogP contribution in [0.3, 0.4) is 0 Å². The molecule has 1 fully saturated rings. The number of nitrogens with zero attached hydrogens (tertiary/aromatic N) is 2. The molecule has 0 unspecified atom stereocenters. The van der Waals surface area contributed by atoms with Crippen molar-refractivity contribution < 1.29 is 4.74 Å². The Balaban J connectivity index is 1.94. The molecule has 96 valence electrons. The highest BCUT2D eigenvalue weighted by atomic mass is 16.5. The first-order chi connectivity index (χ1) is 9.36. The Morgan fingerprint density at radius 1 is 1.26 bits per heavy atom. The van der Waals surface area contributed by atoms with Crippen molar-refractivity contribution in [2.45, 2.75) is 18.9 Å². The van der Waals surface area contributed by atoms with Gasteiger partial charge in [0.25, 0.3) is 0 Å². The topological polar surface area (TPSA) is 57.9 Å². The molecule has 1 saturated heterocycles. The number of hydrogen-bond donors (Lipinski definition) is 1. The lowest BCUT2D eigenvalue weighted by Gasteiger charge is -2.23. The van der Waals surface area contributed by atoms with E-state index >= 15 is 0 Å². The maximum Gasteiger partial charge on any atom is 0.232 e. The Morgan fingerprint density at radius 2 is 2.05 bits per heavy atom. The second-order valence-electron chi connectivity index (χ2n) is 4.71. The van der Waals surface area contributed by atoms with E-state index in [9.17, 15) is 5.26 Å². The van der Waals surface area contributed by atoms with Gasteiger partial charge in [0.15, 0.2) is 0 Å². The number of ether oxygens (including phenoxy) is 1. The molecule has 0 atom stereocenters. The summed E-state index contributed by atoms with van der Waals surface area (Å²) in [7, 11) is 0. The van der Waals surface area contributed by atoms with E-state index < -0.39 is 0 Å². The summed E-state index contributed by atoms with van der Waals surface area (Å²) in [5, 5.41) is 13.5. The number of aromatic nitrogens is 1. The van der Waals surface area contributed by atoms with Crippen LogP contribution < -0.4 is 10.1 Å². The molecule has 0 spiro atoms. The predicted octanol–water partition coefficient (Wildman–Crippen LogP) is 2.24. The van der Waals surface area contributed by atoms with Crippen LogP contribution in [0.4, 0.5) is 0 Å². The number of fused-ring (bicyclic) bond motifs is 1. The molecule has 0 amide bonds. The standard InChI is InChI=1S/C15H15N3O/c16-10-12-9-11-3-1-2-4-14(11)18-15(12)19-13-5-7-17-8-6-13/h1-4,9,13,17H,5-8H2. The first-order valence-corrected chi connectivity index (χ1v) is 6.54. The van der Waals surface area contributed by atoms with Crippen LogP contribution in [0.1, 0.15) is 18.4 Å². The van der Waals surface area contributed by atoms with Crippen molar-refractivity contribution in [3.05, 3.63) is 35.9 Å². The molecule has 3 rings (SSSR count). The molecule has 1 aliphatic heterocycles. The summed E-state index contributed by atoms with van der Waals surface area (Å²) >= 11 is 0. The molecule has 0 saturated carbocycles. The minimum atomic E-state index is 0.155. The van der Waals surface area contributed by atoms with Crippen LogP contribution in [0, 0.1) is 11.3 Å². The van der Waals surface area contributed by atoms with Gasteiger partial charge in [-0.05, 0) is 38.1 Å². The number of rotatable bonds is 2. The Hall–Kier alpha value is -2.12. The van der Waals surface area contributed by atoms with Crippen molar-refractivity contribution in [2.75, 3.05) is 13.1 Å². The van der Waals surface area contributed by atoms with Crippen LogP contribution >= 0.6 is 0 Å². The minimum Gasteiger partial charge on any atom is -0.473 e. The third kappa shape index (κ3) is 2.51. The summed E-state index contributed by atoms with van der Waals surface area (Å²) in [5.41, 5.74) is 1.38. The number of piperidine rings is 1. The zero-order valence-electron chi connectivity index (χ0n) is 10.6. The second kappa shape index (κ2) is 5.25. The summed E-state index contributed by atoms with van der Waals surface area (Å²) in [6, 6.07) is 11.8. The van der Waals surface area contributed by atoms with Gasteiger partial charge in [-0.2, -0.15) is 5.26 Å². The van der Waals surface area contributed by atoms with Crippen molar-refractivity contribution in [1.29, 1.82) is 5.26 Å². The van der Waals surface area contributed by atoms with Crippen LogP contribution in [0.15, 0.2) is 30.3 Å². The van der Waals surface area contributed by atoms with Gasteiger partial charge < -0.3 is 10.1 Å². The molecule has 1 aromatic heterocycles. The lowest BCUT2D eigenvalue weighted by molar-refractivity contribution is 0.156. The number of pyridine rings is 1. The molecule has 4 nitrogen and oxygen atoms in total. The Bertz CT molecular complexity index is 627. The quantitative estimate of drug-likeness (QED) is 0.891. The fraction of sp³-hybridized carbons (Fsp3) is 0.333. The van der Waals surface area contributed by atoms with E-state index in [-0.39, 0.29) is 6.10 Å². The summed E-state index contributed by atoms with van der Waals surface area (Å²) in [6.45, 7) is 1.92. The molecule has 0 aliphatic carbocycles. The maximum absolute atomic E-state index is 9.23. The van der Waals surface area contributed by atoms with E-state index in [1.54, 1.807) is 0 Å². The van der Waals surface area contributed by atoms with Crippen molar-refractivity contribution in [1.82, 2.24) is 10.3 Å². The monoisotopic (exact) mass is 253 g/mol. The first kappa shape index (κ1) is 11.9. The van der Waals surface area contributed by atoms with Gasteiger partial charge in [0.1, 0.15) is 17.7 Å². The average Bonchev–Trinajstić information content (AvgIpc) is 2.47. The Kier molecular flexibility index (Phi) is 3.30. The average molecular weight is 253 g/mol. The lowest BCUT2D eigenvalue weighted by Crippen LogP contribution is -2.34. The van der Waals surface area contributed by atoms with Crippen LogP contribution in [0.2, 0.25) is 0 Å².